The summed E-state index contributed by atoms with van der Waals surface area (Å²) in [7, 11) is 0. The molecule has 0 spiro atoms. The first-order chi connectivity index (χ1) is 18.4. The summed E-state index contributed by atoms with van der Waals surface area (Å²) in [5.74, 6) is 0.314. The second-order valence-electron chi connectivity index (χ2n) is 9.98. The molecule has 5 rings (SSSR count). The van der Waals surface area contributed by atoms with Crippen molar-refractivity contribution in [1.82, 2.24) is 29.8 Å². The molecule has 204 valence electrons. The first kappa shape index (κ1) is 26.9. The zero-order valence-electron chi connectivity index (χ0n) is 21.7. The van der Waals surface area contributed by atoms with Gasteiger partial charge in [-0.1, -0.05) is 16.8 Å². The molecule has 0 unspecified atom stereocenters. The second kappa shape index (κ2) is 12.0. The van der Waals surface area contributed by atoms with Crippen LogP contribution < -0.4 is 5.32 Å². The molecule has 1 N–H and O–H groups in total. The van der Waals surface area contributed by atoms with Gasteiger partial charge in [-0.05, 0) is 45.2 Å². The standard InChI is InChI=1S/C26H33ClN6O4S/c1-17(2)31-9-6-18(7-10-31)29-25(34)20-15-28-24(26(35)32-8-3-12-36-13-11-32)33(20)16-19-14-21(37-30-19)22-4-5-23(27)38-22/h4-5,14-15,17-18H,3,6-13,16H2,1-2H3,(H,29,34). The number of rotatable bonds is 7. The molecular formula is C26H33ClN6O4S. The lowest BCUT2D eigenvalue weighted by Crippen LogP contribution is -2.47. The van der Waals surface area contributed by atoms with E-state index in [4.69, 9.17) is 20.9 Å². The van der Waals surface area contributed by atoms with Crippen LogP contribution in [0.3, 0.4) is 0 Å². The van der Waals surface area contributed by atoms with Gasteiger partial charge >= 0.3 is 0 Å². The molecule has 0 aromatic carbocycles. The number of ether oxygens (including phenoxy) is 1. The smallest absolute Gasteiger partial charge is 0.289 e. The normalized spacial score (nSPS) is 17.6. The van der Waals surface area contributed by atoms with Crippen LogP contribution in [0, 0.1) is 0 Å². The van der Waals surface area contributed by atoms with Crippen LogP contribution in [0.1, 0.15) is 59.9 Å². The largest absolute Gasteiger partial charge is 0.380 e. The fraction of sp³-hybridized carbons (Fsp3) is 0.538. The van der Waals surface area contributed by atoms with E-state index in [0.717, 1.165) is 37.2 Å². The van der Waals surface area contributed by atoms with Crippen molar-refractivity contribution in [2.75, 3.05) is 39.4 Å². The minimum Gasteiger partial charge on any atom is -0.380 e. The number of piperidine rings is 1. The third kappa shape index (κ3) is 6.12. The average Bonchev–Trinajstić information content (AvgIpc) is 3.60. The molecule has 10 nitrogen and oxygen atoms in total. The van der Waals surface area contributed by atoms with Crippen LogP contribution in [0.25, 0.3) is 10.6 Å². The van der Waals surface area contributed by atoms with Crippen LogP contribution in [0.5, 0.6) is 0 Å². The summed E-state index contributed by atoms with van der Waals surface area (Å²) in [6.45, 7) is 8.59. The maximum absolute atomic E-state index is 13.5. The maximum Gasteiger partial charge on any atom is 0.289 e. The van der Waals surface area contributed by atoms with Crippen molar-refractivity contribution in [3.8, 4) is 10.6 Å². The van der Waals surface area contributed by atoms with Gasteiger partial charge in [-0.3, -0.25) is 9.59 Å². The highest BCUT2D eigenvalue weighted by molar-refractivity contribution is 7.19. The number of halogens is 1. The third-order valence-electron chi connectivity index (χ3n) is 7.08. The molecule has 0 aliphatic carbocycles. The Morgan fingerprint density at radius 2 is 2.00 bits per heavy atom. The highest BCUT2D eigenvalue weighted by Crippen LogP contribution is 2.31. The molecule has 38 heavy (non-hydrogen) atoms. The van der Waals surface area contributed by atoms with Crippen molar-refractivity contribution in [2.45, 2.75) is 51.7 Å². The number of amides is 2. The van der Waals surface area contributed by atoms with Crippen LogP contribution in [-0.4, -0.2) is 87.8 Å². The van der Waals surface area contributed by atoms with E-state index in [1.807, 2.05) is 6.07 Å². The Bertz CT molecular complexity index is 1250. The Kier molecular flexibility index (Phi) is 8.47. The van der Waals surface area contributed by atoms with Crippen LogP contribution in [0.4, 0.5) is 0 Å². The number of nitrogens with zero attached hydrogens (tertiary/aromatic N) is 5. The number of likely N-dealkylation sites (tertiary alicyclic amines) is 1. The van der Waals surface area contributed by atoms with E-state index in [9.17, 15) is 9.59 Å². The predicted molar refractivity (Wildman–Crippen MR) is 145 cm³/mol. The van der Waals surface area contributed by atoms with E-state index in [1.54, 1.807) is 21.6 Å². The summed E-state index contributed by atoms with van der Waals surface area (Å²) in [6.07, 6.45) is 4.01. The van der Waals surface area contributed by atoms with Crippen molar-refractivity contribution in [3.05, 3.63) is 45.9 Å². The number of carbonyl (C=O) groups excluding carboxylic acids is 2. The van der Waals surface area contributed by atoms with E-state index in [-0.39, 0.29) is 30.2 Å². The van der Waals surface area contributed by atoms with Crippen LogP contribution >= 0.6 is 22.9 Å². The number of hydrogen-bond acceptors (Lipinski definition) is 8. The summed E-state index contributed by atoms with van der Waals surface area (Å²) in [4.78, 5) is 36.4. The molecule has 2 saturated heterocycles. The fourth-order valence-electron chi connectivity index (χ4n) is 4.91. The van der Waals surface area contributed by atoms with Gasteiger partial charge in [-0.25, -0.2) is 4.98 Å². The van der Waals surface area contributed by atoms with E-state index in [2.05, 4.69) is 34.2 Å². The molecule has 2 aliphatic rings. The molecule has 3 aromatic heterocycles. The van der Waals surface area contributed by atoms with Gasteiger partial charge < -0.3 is 28.9 Å². The van der Waals surface area contributed by atoms with Gasteiger partial charge in [0.05, 0.1) is 28.6 Å². The number of nitrogens with one attached hydrogen (secondary N) is 1. The van der Waals surface area contributed by atoms with Crippen molar-refractivity contribution < 1.29 is 18.8 Å². The SMILES string of the molecule is CC(C)N1CCC(NC(=O)c2cnc(C(=O)N3CCCOCC3)n2Cc2cc(-c3ccc(Cl)s3)on2)CC1. The molecule has 0 bridgehead atoms. The van der Waals surface area contributed by atoms with Gasteiger partial charge in [0.2, 0.25) is 0 Å². The minimum atomic E-state index is -0.243. The first-order valence-corrected chi connectivity index (χ1v) is 14.3. The summed E-state index contributed by atoms with van der Waals surface area (Å²) >= 11 is 7.47. The Labute approximate surface area is 230 Å². The Morgan fingerprint density at radius 3 is 2.74 bits per heavy atom. The molecule has 2 amide bonds. The minimum absolute atomic E-state index is 0.0741. The molecule has 5 heterocycles. The van der Waals surface area contributed by atoms with Crippen LogP contribution in [0.15, 0.2) is 28.9 Å². The Hall–Kier alpha value is -2.73. The number of thiophene rings is 1. The van der Waals surface area contributed by atoms with Crippen molar-refractivity contribution in [2.24, 2.45) is 0 Å². The summed E-state index contributed by atoms with van der Waals surface area (Å²) in [5, 5.41) is 7.37. The zero-order valence-corrected chi connectivity index (χ0v) is 23.3. The lowest BCUT2D eigenvalue weighted by molar-refractivity contribution is 0.0724. The Balaban J connectivity index is 1.38. The van der Waals surface area contributed by atoms with E-state index in [0.29, 0.717) is 53.8 Å². The summed E-state index contributed by atoms with van der Waals surface area (Å²) < 4.78 is 13.4. The zero-order chi connectivity index (χ0) is 26.6. The third-order valence-corrected chi connectivity index (χ3v) is 8.32. The average molecular weight is 561 g/mol. The van der Waals surface area contributed by atoms with Gasteiger partial charge in [-0.15, -0.1) is 11.3 Å². The van der Waals surface area contributed by atoms with E-state index < -0.39 is 0 Å². The Morgan fingerprint density at radius 1 is 1.18 bits per heavy atom. The van der Waals surface area contributed by atoms with Crippen molar-refractivity contribution >= 4 is 34.8 Å². The summed E-state index contributed by atoms with van der Waals surface area (Å²) in [6, 6.07) is 6.04. The number of aromatic nitrogens is 3. The van der Waals surface area contributed by atoms with Crippen LogP contribution in [-0.2, 0) is 11.3 Å². The molecule has 0 atom stereocenters. The van der Waals surface area contributed by atoms with E-state index >= 15 is 0 Å². The topological polar surface area (TPSA) is 106 Å². The summed E-state index contributed by atoms with van der Waals surface area (Å²) in [5.41, 5.74) is 0.907. The molecule has 0 saturated carbocycles. The van der Waals surface area contributed by atoms with Gasteiger partial charge in [-0.2, -0.15) is 0 Å². The fourth-order valence-corrected chi connectivity index (χ4v) is 5.90. The highest BCUT2D eigenvalue weighted by Gasteiger charge is 2.29. The lowest BCUT2D eigenvalue weighted by atomic mass is 10.0. The van der Waals surface area contributed by atoms with Gasteiger partial charge in [0.25, 0.3) is 11.8 Å². The number of carbonyl (C=O) groups is 2. The van der Waals surface area contributed by atoms with Crippen molar-refractivity contribution in [1.29, 1.82) is 0 Å². The second-order valence-corrected chi connectivity index (χ2v) is 11.7. The molecular weight excluding hydrogens is 528 g/mol. The molecule has 2 fully saturated rings. The van der Waals surface area contributed by atoms with Gasteiger partial charge in [0.1, 0.15) is 11.4 Å². The number of imidazole rings is 1. The maximum atomic E-state index is 13.5. The lowest BCUT2D eigenvalue weighted by Gasteiger charge is -2.34. The van der Waals surface area contributed by atoms with Gasteiger partial charge in [0, 0.05) is 50.9 Å². The molecule has 2 aliphatic heterocycles. The first-order valence-electron chi connectivity index (χ1n) is 13.1. The molecule has 12 heteroatoms. The highest BCUT2D eigenvalue weighted by atomic mass is 35.5. The molecule has 3 aromatic rings. The van der Waals surface area contributed by atoms with E-state index in [1.165, 1.54) is 17.5 Å². The quantitative estimate of drug-likeness (QED) is 0.469. The van der Waals surface area contributed by atoms with Crippen molar-refractivity contribution in [3.63, 3.8) is 0 Å². The van der Waals surface area contributed by atoms with Gasteiger partial charge in [0.15, 0.2) is 11.6 Å². The predicted octanol–water partition coefficient (Wildman–Crippen LogP) is 3.77. The number of hydrogen-bond donors (Lipinski definition) is 1. The molecule has 0 radical (unpaired) electrons. The monoisotopic (exact) mass is 560 g/mol. The van der Waals surface area contributed by atoms with Crippen LogP contribution in [0.2, 0.25) is 4.34 Å².